The lowest BCUT2D eigenvalue weighted by molar-refractivity contribution is 0.421. The summed E-state index contributed by atoms with van der Waals surface area (Å²) in [7, 11) is 0. The van der Waals surface area contributed by atoms with Crippen molar-refractivity contribution in [2.45, 2.75) is 12.8 Å². The van der Waals surface area contributed by atoms with Crippen LogP contribution in [0.2, 0.25) is 0 Å². The third-order valence-electron chi connectivity index (χ3n) is 2.18. The Morgan fingerprint density at radius 2 is 2.12 bits per heavy atom. The fraction of sp³-hybridized carbons (Fsp3) is 0.273. The van der Waals surface area contributed by atoms with Crippen molar-refractivity contribution in [1.82, 2.24) is 10.1 Å². The highest BCUT2D eigenvalue weighted by Crippen LogP contribution is 2.26. The second kappa shape index (κ2) is 5.23. The molecule has 2 N–H and O–H groups in total. The van der Waals surface area contributed by atoms with Gasteiger partial charge in [-0.25, -0.2) is 0 Å². The van der Waals surface area contributed by atoms with E-state index in [2.05, 4.69) is 26.1 Å². The van der Waals surface area contributed by atoms with E-state index in [4.69, 9.17) is 10.3 Å². The summed E-state index contributed by atoms with van der Waals surface area (Å²) in [5, 5.41) is 3.91. The predicted octanol–water partition coefficient (Wildman–Crippen LogP) is 2.39. The molecule has 1 heterocycles. The van der Waals surface area contributed by atoms with Crippen LogP contribution in [0.15, 0.2) is 33.3 Å². The fourth-order valence-corrected chi connectivity index (χ4v) is 1.81. The largest absolute Gasteiger partial charge is 0.334 e. The first-order chi connectivity index (χ1) is 7.81. The van der Waals surface area contributed by atoms with Crippen molar-refractivity contribution in [1.29, 1.82) is 0 Å². The Labute approximate surface area is 102 Å². The quantitative estimate of drug-likeness (QED) is 0.935. The summed E-state index contributed by atoms with van der Waals surface area (Å²) < 4.78 is 6.14. The first-order valence-corrected chi connectivity index (χ1v) is 5.88. The van der Waals surface area contributed by atoms with Crippen molar-refractivity contribution in [3.63, 3.8) is 0 Å². The van der Waals surface area contributed by atoms with E-state index in [1.165, 1.54) is 0 Å². The zero-order valence-corrected chi connectivity index (χ0v) is 10.3. The molecule has 16 heavy (non-hydrogen) atoms. The molecular weight excluding hydrogens is 270 g/mol. The van der Waals surface area contributed by atoms with Gasteiger partial charge in [0.2, 0.25) is 0 Å². The Morgan fingerprint density at radius 3 is 2.88 bits per heavy atom. The second-order valence-electron chi connectivity index (χ2n) is 3.39. The molecule has 4 nitrogen and oxygen atoms in total. The number of nitrogens with zero attached hydrogens (tertiary/aromatic N) is 2. The van der Waals surface area contributed by atoms with E-state index in [1.54, 1.807) is 0 Å². The number of hydrogen-bond donors (Lipinski definition) is 1. The SMILES string of the molecule is NCCCc1noc(-c2ccccc2Br)n1. The summed E-state index contributed by atoms with van der Waals surface area (Å²) in [5.41, 5.74) is 6.34. The lowest BCUT2D eigenvalue weighted by atomic mass is 10.2. The Kier molecular flexibility index (Phi) is 3.69. The lowest BCUT2D eigenvalue weighted by Gasteiger charge is -1.96. The van der Waals surface area contributed by atoms with Gasteiger partial charge in [0.25, 0.3) is 5.89 Å². The summed E-state index contributed by atoms with van der Waals surface area (Å²) in [6.45, 7) is 0.638. The molecule has 0 aliphatic carbocycles. The third-order valence-corrected chi connectivity index (χ3v) is 2.87. The van der Waals surface area contributed by atoms with Crippen LogP contribution in [-0.2, 0) is 6.42 Å². The van der Waals surface area contributed by atoms with Crippen molar-refractivity contribution >= 4 is 15.9 Å². The van der Waals surface area contributed by atoms with Crippen LogP contribution in [0, 0.1) is 0 Å². The minimum Gasteiger partial charge on any atom is -0.334 e. The zero-order valence-electron chi connectivity index (χ0n) is 8.69. The van der Waals surface area contributed by atoms with E-state index >= 15 is 0 Å². The van der Waals surface area contributed by atoms with E-state index in [9.17, 15) is 0 Å². The van der Waals surface area contributed by atoms with Crippen molar-refractivity contribution in [3.8, 4) is 11.5 Å². The average Bonchev–Trinajstić information content (AvgIpc) is 2.75. The Morgan fingerprint density at radius 1 is 1.31 bits per heavy atom. The van der Waals surface area contributed by atoms with E-state index in [1.807, 2.05) is 24.3 Å². The maximum absolute atomic E-state index is 5.42. The first-order valence-electron chi connectivity index (χ1n) is 5.09. The van der Waals surface area contributed by atoms with Gasteiger partial charge < -0.3 is 10.3 Å². The van der Waals surface area contributed by atoms with Gasteiger partial charge in [-0.15, -0.1) is 0 Å². The number of halogens is 1. The highest BCUT2D eigenvalue weighted by atomic mass is 79.9. The Hall–Kier alpha value is -1.20. The van der Waals surface area contributed by atoms with E-state index < -0.39 is 0 Å². The fourth-order valence-electron chi connectivity index (χ4n) is 1.36. The molecule has 0 spiro atoms. The van der Waals surface area contributed by atoms with Gasteiger partial charge in [-0.1, -0.05) is 17.3 Å². The molecule has 0 unspecified atom stereocenters. The molecular formula is C11H12BrN3O. The van der Waals surface area contributed by atoms with Crippen LogP contribution in [0.4, 0.5) is 0 Å². The van der Waals surface area contributed by atoms with Gasteiger partial charge in [-0.2, -0.15) is 4.98 Å². The molecule has 1 aromatic carbocycles. The smallest absolute Gasteiger partial charge is 0.259 e. The van der Waals surface area contributed by atoms with Crippen LogP contribution >= 0.6 is 15.9 Å². The van der Waals surface area contributed by atoms with Gasteiger partial charge >= 0.3 is 0 Å². The van der Waals surface area contributed by atoms with Crippen molar-refractivity contribution in [2.24, 2.45) is 5.73 Å². The maximum atomic E-state index is 5.42. The molecule has 0 radical (unpaired) electrons. The van der Waals surface area contributed by atoms with Gasteiger partial charge in [0.15, 0.2) is 5.82 Å². The molecule has 0 amide bonds. The van der Waals surface area contributed by atoms with E-state index in [0.717, 1.165) is 22.9 Å². The molecule has 5 heteroatoms. The van der Waals surface area contributed by atoms with Gasteiger partial charge in [0, 0.05) is 10.9 Å². The number of nitrogens with two attached hydrogens (primary N) is 1. The zero-order chi connectivity index (χ0) is 11.4. The summed E-state index contributed by atoms with van der Waals surface area (Å²) in [4.78, 5) is 4.32. The highest BCUT2D eigenvalue weighted by Gasteiger charge is 2.10. The normalized spacial score (nSPS) is 10.6. The first kappa shape index (κ1) is 11.3. The molecule has 0 bridgehead atoms. The number of aromatic nitrogens is 2. The van der Waals surface area contributed by atoms with Gasteiger partial charge in [-0.05, 0) is 41.0 Å². The number of rotatable bonds is 4. The van der Waals surface area contributed by atoms with Crippen LogP contribution in [0.5, 0.6) is 0 Å². The summed E-state index contributed by atoms with van der Waals surface area (Å²) in [6.07, 6.45) is 1.62. The molecule has 0 aliphatic rings. The Balaban J connectivity index is 2.22. The molecule has 84 valence electrons. The standard InChI is InChI=1S/C11H12BrN3O/c12-9-5-2-1-4-8(9)11-14-10(15-16-11)6-3-7-13/h1-2,4-5H,3,6-7,13H2. The average molecular weight is 282 g/mol. The van der Waals surface area contributed by atoms with Gasteiger partial charge in [0.05, 0.1) is 5.56 Å². The third kappa shape index (κ3) is 2.48. The molecule has 0 atom stereocenters. The number of hydrogen-bond acceptors (Lipinski definition) is 4. The molecule has 0 saturated heterocycles. The minimum absolute atomic E-state index is 0.541. The molecule has 0 aliphatic heterocycles. The summed E-state index contributed by atoms with van der Waals surface area (Å²) >= 11 is 3.45. The summed E-state index contributed by atoms with van der Waals surface area (Å²) in [6, 6.07) is 7.76. The number of aryl methyl sites for hydroxylation is 1. The van der Waals surface area contributed by atoms with Gasteiger partial charge in [0.1, 0.15) is 0 Å². The van der Waals surface area contributed by atoms with Crippen LogP contribution in [0.1, 0.15) is 12.2 Å². The van der Waals surface area contributed by atoms with Crippen molar-refractivity contribution < 1.29 is 4.52 Å². The van der Waals surface area contributed by atoms with Crippen LogP contribution in [0.3, 0.4) is 0 Å². The topological polar surface area (TPSA) is 64.9 Å². The summed E-state index contributed by atoms with van der Waals surface area (Å²) in [5.74, 6) is 1.25. The molecule has 0 saturated carbocycles. The second-order valence-corrected chi connectivity index (χ2v) is 4.24. The van der Waals surface area contributed by atoms with E-state index in [-0.39, 0.29) is 0 Å². The predicted molar refractivity (Wildman–Crippen MR) is 64.8 cm³/mol. The Bertz CT molecular complexity index is 470. The van der Waals surface area contributed by atoms with Crippen LogP contribution in [-0.4, -0.2) is 16.7 Å². The molecule has 2 rings (SSSR count). The van der Waals surface area contributed by atoms with Crippen LogP contribution in [0.25, 0.3) is 11.5 Å². The minimum atomic E-state index is 0.541. The van der Waals surface area contributed by atoms with Crippen molar-refractivity contribution in [3.05, 3.63) is 34.6 Å². The van der Waals surface area contributed by atoms with Crippen LogP contribution < -0.4 is 5.73 Å². The molecule has 0 fully saturated rings. The monoisotopic (exact) mass is 281 g/mol. The van der Waals surface area contributed by atoms with E-state index in [0.29, 0.717) is 18.3 Å². The maximum Gasteiger partial charge on any atom is 0.259 e. The molecule has 2 aromatic rings. The molecule has 1 aromatic heterocycles. The lowest BCUT2D eigenvalue weighted by Crippen LogP contribution is -2.01. The highest BCUT2D eigenvalue weighted by molar-refractivity contribution is 9.10. The van der Waals surface area contributed by atoms with Crippen molar-refractivity contribution in [2.75, 3.05) is 6.54 Å². The van der Waals surface area contributed by atoms with Gasteiger partial charge in [-0.3, -0.25) is 0 Å². The number of benzene rings is 1.